The van der Waals surface area contributed by atoms with Crippen molar-refractivity contribution in [1.82, 2.24) is 0 Å². The minimum atomic E-state index is -4.80. The lowest BCUT2D eigenvalue weighted by Gasteiger charge is -2.18. The molecule has 5 heteroatoms. The van der Waals surface area contributed by atoms with Gasteiger partial charge in [0, 0.05) is 5.56 Å². The maximum atomic E-state index is 12.5. The Kier molecular flexibility index (Phi) is 2.71. The molecular weight excluding hydrogens is 233 g/mol. The third-order valence-electron chi connectivity index (χ3n) is 2.53. The fourth-order valence-corrected chi connectivity index (χ4v) is 1.74. The van der Waals surface area contributed by atoms with E-state index in [0.29, 0.717) is 5.39 Å². The summed E-state index contributed by atoms with van der Waals surface area (Å²) >= 11 is 0. The summed E-state index contributed by atoms with van der Waals surface area (Å²) in [6.07, 6.45) is -7.49. The predicted octanol–water partition coefficient (Wildman–Crippen LogP) is 3.14. The van der Waals surface area contributed by atoms with E-state index in [1.807, 2.05) is 0 Å². The van der Waals surface area contributed by atoms with Crippen molar-refractivity contribution in [2.45, 2.75) is 12.3 Å². The topological polar surface area (TPSA) is 40.5 Å². The molecule has 0 saturated heterocycles. The summed E-state index contributed by atoms with van der Waals surface area (Å²) in [5.74, 6) is -0.562. The molecule has 1 atom stereocenters. The molecule has 0 aromatic heterocycles. The van der Waals surface area contributed by atoms with Crippen LogP contribution in [0.4, 0.5) is 13.2 Å². The second-order valence-electron chi connectivity index (χ2n) is 3.66. The summed E-state index contributed by atoms with van der Waals surface area (Å²) < 4.78 is 37.4. The first-order valence-corrected chi connectivity index (χ1v) is 4.86. The van der Waals surface area contributed by atoms with E-state index in [1.54, 1.807) is 18.2 Å². The quantitative estimate of drug-likeness (QED) is 0.806. The number of aliphatic hydroxyl groups is 1. The number of phenols is 1. The average Bonchev–Trinajstić information content (AvgIpc) is 2.27. The zero-order valence-electron chi connectivity index (χ0n) is 8.57. The number of benzene rings is 2. The first kappa shape index (κ1) is 11.7. The van der Waals surface area contributed by atoms with Crippen molar-refractivity contribution in [3.8, 4) is 5.75 Å². The number of hydrogen-bond acceptors (Lipinski definition) is 2. The molecule has 2 nitrogen and oxygen atoms in total. The molecule has 2 N–H and O–H groups in total. The fourth-order valence-electron chi connectivity index (χ4n) is 1.74. The molecule has 0 fully saturated rings. The molecule has 2 aromatic rings. The van der Waals surface area contributed by atoms with Crippen molar-refractivity contribution >= 4 is 10.8 Å². The molecule has 0 aliphatic rings. The second-order valence-corrected chi connectivity index (χ2v) is 3.66. The summed E-state index contributed by atoms with van der Waals surface area (Å²) in [4.78, 5) is 0. The van der Waals surface area contributed by atoms with Crippen LogP contribution in [0, 0.1) is 0 Å². The molecule has 0 aliphatic carbocycles. The third kappa shape index (κ3) is 2.06. The van der Waals surface area contributed by atoms with Crippen molar-refractivity contribution in [2.75, 3.05) is 0 Å². The van der Waals surface area contributed by atoms with Crippen LogP contribution in [0.15, 0.2) is 36.4 Å². The second kappa shape index (κ2) is 3.92. The number of halogens is 3. The molecule has 0 bridgehead atoms. The number of aromatic hydroxyl groups is 1. The van der Waals surface area contributed by atoms with Gasteiger partial charge in [0.15, 0.2) is 6.10 Å². The van der Waals surface area contributed by atoms with E-state index in [-0.39, 0.29) is 5.39 Å². The van der Waals surface area contributed by atoms with Gasteiger partial charge in [0.1, 0.15) is 5.75 Å². The van der Waals surface area contributed by atoms with E-state index in [4.69, 9.17) is 0 Å². The number of alkyl halides is 3. The van der Waals surface area contributed by atoms with Crippen molar-refractivity contribution in [3.05, 3.63) is 42.0 Å². The third-order valence-corrected chi connectivity index (χ3v) is 2.53. The van der Waals surface area contributed by atoms with Gasteiger partial charge in [-0.2, -0.15) is 13.2 Å². The summed E-state index contributed by atoms with van der Waals surface area (Å²) in [7, 11) is 0. The number of aliphatic hydroxyl groups excluding tert-OH is 1. The summed E-state index contributed by atoms with van der Waals surface area (Å²) in [5.41, 5.74) is -0.504. The number of hydrogen-bond donors (Lipinski definition) is 2. The molecule has 0 saturated carbocycles. The van der Waals surface area contributed by atoms with Crippen LogP contribution in [-0.4, -0.2) is 16.4 Å². The summed E-state index contributed by atoms with van der Waals surface area (Å²) in [5, 5.41) is 19.5. The van der Waals surface area contributed by atoms with Gasteiger partial charge in [-0.05, 0) is 16.8 Å². The molecule has 17 heavy (non-hydrogen) atoms. The highest BCUT2D eigenvalue weighted by molar-refractivity contribution is 5.88. The van der Waals surface area contributed by atoms with E-state index >= 15 is 0 Å². The molecule has 2 rings (SSSR count). The molecule has 90 valence electrons. The summed E-state index contributed by atoms with van der Waals surface area (Å²) in [6, 6.07) is 8.90. The van der Waals surface area contributed by atoms with Crippen LogP contribution < -0.4 is 0 Å². The monoisotopic (exact) mass is 242 g/mol. The standard InChI is InChI=1S/C12H9F3O2/c13-12(14,15)11(17)10-8-4-2-1-3-7(8)5-6-9(10)16/h1-6,11,16-17H. The van der Waals surface area contributed by atoms with E-state index in [0.717, 1.165) is 6.07 Å². The largest absolute Gasteiger partial charge is 0.508 e. The van der Waals surface area contributed by atoms with Crippen LogP contribution in [0.2, 0.25) is 0 Å². The van der Waals surface area contributed by atoms with E-state index < -0.39 is 23.6 Å². The highest BCUT2D eigenvalue weighted by Crippen LogP contribution is 2.40. The normalized spacial score (nSPS) is 13.9. The van der Waals surface area contributed by atoms with Gasteiger partial charge in [-0.3, -0.25) is 0 Å². The van der Waals surface area contributed by atoms with Crippen LogP contribution in [0.25, 0.3) is 10.8 Å². The van der Waals surface area contributed by atoms with Gasteiger partial charge in [0.2, 0.25) is 0 Å². The number of fused-ring (bicyclic) bond motifs is 1. The lowest BCUT2D eigenvalue weighted by Crippen LogP contribution is -2.20. The van der Waals surface area contributed by atoms with Gasteiger partial charge in [0.05, 0.1) is 0 Å². The zero-order chi connectivity index (χ0) is 12.6. The average molecular weight is 242 g/mol. The molecule has 1 unspecified atom stereocenters. The van der Waals surface area contributed by atoms with Crippen LogP contribution in [-0.2, 0) is 0 Å². The van der Waals surface area contributed by atoms with E-state index in [1.165, 1.54) is 12.1 Å². The highest BCUT2D eigenvalue weighted by Gasteiger charge is 2.41. The van der Waals surface area contributed by atoms with Gasteiger partial charge in [-0.25, -0.2) is 0 Å². The zero-order valence-corrected chi connectivity index (χ0v) is 8.57. The fraction of sp³-hybridized carbons (Fsp3) is 0.167. The Labute approximate surface area is 94.9 Å². The van der Waals surface area contributed by atoms with Gasteiger partial charge in [0.25, 0.3) is 0 Å². The maximum absolute atomic E-state index is 12.5. The Hall–Kier alpha value is -1.75. The summed E-state index contributed by atoms with van der Waals surface area (Å²) in [6.45, 7) is 0. The molecule has 2 aromatic carbocycles. The Bertz CT molecular complexity index is 549. The van der Waals surface area contributed by atoms with Crippen LogP contribution in [0.3, 0.4) is 0 Å². The highest BCUT2D eigenvalue weighted by atomic mass is 19.4. The SMILES string of the molecule is Oc1ccc2ccccc2c1C(O)C(F)(F)F. The first-order valence-electron chi connectivity index (χ1n) is 4.86. The number of rotatable bonds is 1. The van der Waals surface area contributed by atoms with Gasteiger partial charge < -0.3 is 10.2 Å². The molecular formula is C12H9F3O2. The Balaban J connectivity index is 2.71. The van der Waals surface area contributed by atoms with Crippen LogP contribution >= 0.6 is 0 Å². The van der Waals surface area contributed by atoms with E-state index in [9.17, 15) is 23.4 Å². The number of phenolic OH excluding ortho intramolecular Hbond substituents is 1. The van der Waals surface area contributed by atoms with E-state index in [2.05, 4.69) is 0 Å². The lowest BCUT2D eigenvalue weighted by molar-refractivity contribution is -0.206. The Morgan fingerprint density at radius 2 is 1.65 bits per heavy atom. The maximum Gasteiger partial charge on any atom is 0.418 e. The molecule has 0 radical (unpaired) electrons. The molecule has 0 heterocycles. The van der Waals surface area contributed by atoms with Gasteiger partial charge >= 0.3 is 6.18 Å². The molecule has 0 aliphatic heterocycles. The van der Waals surface area contributed by atoms with Crippen molar-refractivity contribution in [2.24, 2.45) is 0 Å². The Morgan fingerprint density at radius 3 is 2.29 bits per heavy atom. The predicted molar refractivity (Wildman–Crippen MR) is 56.6 cm³/mol. The van der Waals surface area contributed by atoms with Crippen LogP contribution in [0.5, 0.6) is 5.75 Å². The smallest absolute Gasteiger partial charge is 0.418 e. The van der Waals surface area contributed by atoms with Crippen molar-refractivity contribution in [1.29, 1.82) is 0 Å². The van der Waals surface area contributed by atoms with Gasteiger partial charge in [-0.15, -0.1) is 0 Å². The minimum absolute atomic E-state index is 0.192. The molecule has 0 amide bonds. The lowest BCUT2D eigenvalue weighted by atomic mass is 9.99. The van der Waals surface area contributed by atoms with Crippen molar-refractivity contribution < 1.29 is 23.4 Å². The van der Waals surface area contributed by atoms with Crippen LogP contribution in [0.1, 0.15) is 11.7 Å². The molecule has 0 spiro atoms. The Morgan fingerprint density at radius 1 is 1.00 bits per heavy atom. The first-order chi connectivity index (χ1) is 7.91. The minimum Gasteiger partial charge on any atom is -0.508 e. The van der Waals surface area contributed by atoms with Crippen molar-refractivity contribution in [3.63, 3.8) is 0 Å². The van der Waals surface area contributed by atoms with Gasteiger partial charge in [-0.1, -0.05) is 30.3 Å².